The lowest BCUT2D eigenvalue weighted by molar-refractivity contribution is 0.257. The van der Waals surface area contributed by atoms with Crippen LogP contribution in [0.15, 0.2) is 97.2 Å². The molecule has 0 saturated carbocycles. The first-order valence-corrected chi connectivity index (χ1v) is 12.7. The van der Waals surface area contributed by atoms with Gasteiger partial charge in [-0.15, -0.1) is 0 Å². The van der Waals surface area contributed by atoms with E-state index in [0.29, 0.717) is 16.7 Å². The van der Waals surface area contributed by atoms with Gasteiger partial charge in [-0.05, 0) is 33.4 Å². The Morgan fingerprint density at radius 1 is 0.548 bits per heavy atom. The van der Waals surface area contributed by atoms with Crippen molar-refractivity contribution in [2.24, 2.45) is 9.98 Å². The molecule has 0 aliphatic heterocycles. The molecule has 42 heavy (non-hydrogen) atoms. The first-order chi connectivity index (χ1) is 20.4. The molecule has 0 N–H and O–H groups in total. The van der Waals surface area contributed by atoms with Gasteiger partial charge in [0.2, 0.25) is 12.2 Å². The van der Waals surface area contributed by atoms with Gasteiger partial charge in [-0.1, -0.05) is 72.8 Å². The third kappa shape index (κ3) is 7.20. The van der Waals surface area contributed by atoms with Crippen LogP contribution in [-0.4, -0.2) is 25.9 Å². The van der Waals surface area contributed by atoms with E-state index >= 15 is 0 Å². The van der Waals surface area contributed by atoms with Gasteiger partial charge < -0.3 is 4.74 Å². The number of rotatable bonds is 12. The predicted molar refractivity (Wildman–Crippen MR) is 150 cm³/mol. The van der Waals surface area contributed by atoms with E-state index in [4.69, 9.17) is 10.00 Å². The maximum Gasteiger partial charge on any atom is 0.336 e. The van der Waals surface area contributed by atoms with Gasteiger partial charge in [0.25, 0.3) is 6.26 Å². The zero-order valence-electron chi connectivity index (χ0n) is 22.3. The Morgan fingerprint density at radius 3 is 1.17 bits per heavy atom. The van der Waals surface area contributed by atoms with Crippen molar-refractivity contribution >= 4 is 12.2 Å². The number of nitriles is 1. The maximum atomic E-state index is 13.5. The Balaban J connectivity index is 1.74. The summed E-state index contributed by atoms with van der Waals surface area (Å²) in [5, 5.41) is 8.61. The summed E-state index contributed by atoms with van der Waals surface area (Å²) in [6, 6.07) is 20.6. The first kappa shape index (κ1) is 29.1. The molecule has 0 atom stereocenters. The van der Waals surface area contributed by atoms with E-state index in [9.17, 15) is 24.0 Å². The highest BCUT2D eigenvalue weighted by Crippen LogP contribution is 2.09. The van der Waals surface area contributed by atoms with Crippen molar-refractivity contribution in [3.8, 4) is 6.26 Å². The minimum atomic E-state index is -0.769. The average molecular weight is 565 g/mol. The summed E-state index contributed by atoms with van der Waals surface area (Å²) in [5.74, 6) is 0. The molecular formula is C30H24N6O6. The largest absolute Gasteiger partial charge is 0.423 e. The molecule has 0 unspecified atom stereocenters. The van der Waals surface area contributed by atoms with Gasteiger partial charge in [-0.25, -0.2) is 47.7 Å². The second kappa shape index (κ2) is 14.0. The number of aliphatic imine (C=N–C) groups is 2. The zero-order chi connectivity index (χ0) is 29.9. The van der Waals surface area contributed by atoms with Crippen LogP contribution in [0.4, 0.5) is 0 Å². The number of carbonyl (C=O) groups excluding carboxylic acids is 2. The molecule has 0 fully saturated rings. The molecule has 0 bridgehead atoms. The van der Waals surface area contributed by atoms with Crippen LogP contribution < -0.4 is 17.1 Å². The number of benzene rings is 3. The van der Waals surface area contributed by atoms with Gasteiger partial charge in [-0.3, -0.25) is 0 Å². The van der Waals surface area contributed by atoms with E-state index in [2.05, 4.69) is 9.98 Å². The van der Waals surface area contributed by atoms with Crippen molar-refractivity contribution in [1.82, 2.24) is 13.7 Å². The number of hydrogen-bond acceptors (Lipinski definition) is 9. The Hall–Kier alpha value is -5.88. The highest BCUT2D eigenvalue weighted by Gasteiger charge is 2.17. The lowest BCUT2D eigenvalue weighted by atomic mass is 10.1. The highest BCUT2D eigenvalue weighted by molar-refractivity contribution is 5.34. The highest BCUT2D eigenvalue weighted by atomic mass is 16.5. The predicted octanol–water partition coefficient (Wildman–Crippen LogP) is 1.99. The maximum absolute atomic E-state index is 13.5. The molecule has 1 heterocycles. The molecular weight excluding hydrogens is 540 g/mol. The van der Waals surface area contributed by atoms with Crippen LogP contribution in [-0.2, 0) is 53.7 Å². The van der Waals surface area contributed by atoms with Crippen LogP contribution in [0, 0.1) is 11.5 Å². The van der Waals surface area contributed by atoms with E-state index in [0.717, 1.165) is 30.4 Å². The third-order valence-electron chi connectivity index (χ3n) is 6.43. The second-order valence-electron chi connectivity index (χ2n) is 9.25. The van der Waals surface area contributed by atoms with E-state index in [1.165, 1.54) is 12.2 Å². The Bertz CT molecular complexity index is 1760. The molecule has 0 aliphatic carbocycles. The molecule has 0 spiro atoms. The molecule has 1 aromatic heterocycles. The van der Waals surface area contributed by atoms with Crippen LogP contribution in [0.5, 0.6) is 0 Å². The molecule has 4 aromatic rings. The number of hydrogen-bond donors (Lipinski definition) is 0. The fourth-order valence-corrected chi connectivity index (χ4v) is 4.24. The van der Waals surface area contributed by atoms with E-state index < -0.39 is 17.1 Å². The van der Waals surface area contributed by atoms with Crippen molar-refractivity contribution in [3.63, 3.8) is 0 Å². The van der Waals surface area contributed by atoms with Crippen LogP contribution in [0.2, 0.25) is 0 Å². The standard InChI is InChI=1S/C30H24N6O6/c31-19-42-18-27-11-9-26(10-12-27)17-36-29(40)34(15-24-5-1-22(2-6-24)13-32-20-37)28(39)35(30(36)41)16-25-7-3-23(4-8-25)14-33-21-38/h1-12H,13-18H2. The van der Waals surface area contributed by atoms with E-state index in [-0.39, 0.29) is 39.3 Å². The molecule has 12 heteroatoms. The third-order valence-corrected chi connectivity index (χ3v) is 6.43. The minimum Gasteiger partial charge on any atom is -0.423 e. The fourth-order valence-electron chi connectivity index (χ4n) is 4.24. The summed E-state index contributed by atoms with van der Waals surface area (Å²) in [4.78, 5) is 68.5. The SMILES string of the molecule is N#COCc1ccc(Cn2c(=O)n(Cc3ccc(CN=C=O)cc3)c(=O)n(Cc3ccc(CN=C=O)cc3)c2=O)cc1. The Labute approximate surface area is 238 Å². The lowest BCUT2D eigenvalue weighted by Gasteiger charge is -2.15. The minimum absolute atomic E-state index is 0.0922. The number of isocyanates is 2. The van der Waals surface area contributed by atoms with Gasteiger partial charge >= 0.3 is 17.1 Å². The molecule has 0 aliphatic rings. The van der Waals surface area contributed by atoms with Gasteiger partial charge in [0.15, 0.2) is 0 Å². The number of aromatic nitrogens is 3. The van der Waals surface area contributed by atoms with E-state index in [1.807, 2.05) is 0 Å². The quantitative estimate of drug-likeness (QED) is 0.145. The van der Waals surface area contributed by atoms with Crippen molar-refractivity contribution in [1.29, 1.82) is 5.26 Å². The zero-order valence-corrected chi connectivity index (χ0v) is 22.3. The Morgan fingerprint density at radius 2 is 0.857 bits per heavy atom. The number of ether oxygens (including phenoxy) is 1. The monoisotopic (exact) mass is 564 g/mol. The molecule has 0 radical (unpaired) electrons. The smallest absolute Gasteiger partial charge is 0.336 e. The van der Waals surface area contributed by atoms with Crippen LogP contribution in [0.3, 0.4) is 0 Å². The van der Waals surface area contributed by atoms with Gasteiger partial charge in [0, 0.05) is 0 Å². The molecule has 12 nitrogen and oxygen atoms in total. The Kier molecular flexibility index (Phi) is 9.68. The lowest BCUT2D eigenvalue weighted by Crippen LogP contribution is -2.54. The molecule has 0 saturated heterocycles. The average Bonchev–Trinajstić information content (AvgIpc) is 3.02. The van der Waals surface area contributed by atoms with Crippen molar-refractivity contribution in [2.45, 2.75) is 39.3 Å². The van der Waals surface area contributed by atoms with Crippen molar-refractivity contribution < 1.29 is 14.3 Å². The summed E-state index contributed by atoms with van der Waals surface area (Å²) in [6.07, 6.45) is 4.57. The summed E-state index contributed by atoms with van der Waals surface area (Å²) < 4.78 is 7.75. The number of nitrogens with zero attached hydrogens (tertiary/aromatic N) is 6. The van der Waals surface area contributed by atoms with Crippen molar-refractivity contribution in [2.75, 3.05) is 0 Å². The van der Waals surface area contributed by atoms with Crippen LogP contribution >= 0.6 is 0 Å². The van der Waals surface area contributed by atoms with Crippen LogP contribution in [0.25, 0.3) is 0 Å². The topological polar surface area (TPSA) is 158 Å². The van der Waals surface area contributed by atoms with Crippen molar-refractivity contribution in [3.05, 3.63) is 138 Å². The molecule has 0 amide bonds. The summed E-state index contributed by atoms with van der Waals surface area (Å²) >= 11 is 0. The summed E-state index contributed by atoms with van der Waals surface area (Å²) in [6.45, 7) is 0.119. The second-order valence-corrected chi connectivity index (χ2v) is 9.25. The summed E-state index contributed by atoms with van der Waals surface area (Å²) in [5.41, 5.74) is 1.83. The summed E-state index contributed by atoms with van der Waals surface area (Å²) in [7, 11) is 0. The molecule has 4 rings (SSSR count). The molecule has 3 aromatic carbocycles. The van der Waals surface area contributed by atoms with Gasteiger partial charge in [0.05, 0.1) is 32.7 Å². The van der Waals surface area contributed by atoms with E-state index in [1.54, 1.807) is 79.1 Å². The first-order valence-electron chi connectivity index (χ1n) is 12.7. The van der Waals surface area contributed by atoms with Crippen LogP contribution in [0.1, 0.15) is 33.4 Å². The normalized spacial score (nSPS) is 10.3. The van der Waals surface area contributed by atoms with Gasteiger partial charge in [-0.2, -0.15) is 5.26 Å². The van der Waals surface area contributed by atoms with Gasteiger partial charge in [0.1, 0.15) is 6.61 Å². The fraction of sp³-hybridized carbons (Fsp3) is 0.200. The molecule has 210 valence electrons.